The van der Waals surface area contributed by atoms with Crippen molar-refractivity contribution in [1.29, 1.82) is 0 Å². The lowest BCUT2D eigenvalue weighted by molar-refractivity contribution is -0.125. The van der Waals surface area contributed by atoms with Gasteiger partial charge < -0.3 is 5.32 Å². The van der Waals surface area contributed by atoms with Gasteiger partial charge in [-0.05, 0) is 18.4 Å². The summed E-state index contributed by atoms with van der Waals surface area (Å²) in [5, 5.41) is 2.60. The van der Waals surface area contributed by atoms with Crippen LogP contribution in [0.1, 0.15) is 19.3 Å². The Bertz CT molecular complexity index is 428. The van der Waals surface area contributed by atoms with E-state index in [0.717, 1.165) is 18.4 Å². The fraction of sp³-hybridized carbons (Fsp3) is 0.364. The Morgan fingerprint density at radius 2 is 2.12 bits per heavy atom. The molecule has 2 aliphatic rings. The number of amides is 2. The van der Waals surface area contributed by atoms with Gasteiger partial charge in [0, 0.05) is 6.42 Å². The highest BCUT2D eigenvalue weighted by molar-refractivity contribution is 7.82. The van der Waals surface area contributed by atoms with Crippen molar-refractivity contribution in [3.8, 4) is 0 Å². The SMILES string of the molecule is O=C1N[C@@H](CC2=CCCC=C2)C(=O)NNC1=S. The largest absolute Gasteiger partial charge is 0.338 e. The van der Waals surface area contributed by atoms with E-state index in [4.69, 9.17) is 12.2 Å². The second-order valence-electron chi connectivity index (χ2n) is 3.93. The van der Waals surface area contributed by atoms with Crippen LogP contribution in [0.2, 0.25) is 0 Å². The highest BCUT2D eigenvalue weighted by atomic mass is 32.1. The van der Waals surface area contributed by atoms with Gasteiger partial charge in [-0.15, -0.1) is 0 Å². The molecule has 1 fully saturated rings. The predicted molar refractivity (Wildman–Crippen MR) is 66.9 cm³/mol. The molecule has 0 bridgehead atoms. The fourth-order valence-electron chi connectivity index (χ4n) is 1.75. The van der Waals surface area contributed by atoms with Gasteiger partial charge in [0.15, 0.2) is 4.99 Å². The molecule has 1 atom stereocenters. The molecule has 1 heterocycles. The first-order chi connectivity index (χ1) is 8.16. The van der Waals surface area contributed by atoms with Crippen LogP contribution >= 0.6 is 12.2 Å². The molecule has 1 aliphatic heterocycles. The fourth-order valence-corrected chi connectivity index (χ4v) is 1.86. The van der Waals surface area contributed by atoms with Crippen LogP contribution in [0, 0.1) is 0 Å². The first-order valence-corrected chi connectivity index (χ1v) is 5.84. The molecule has 0 radical (unpaired) electrons. The molecule has 1 aliphatic carbocycles. The van der Waals surface area contributed by atoms with Gasteiger partial charge in [0.1, 0.15) is 6.04 Å². The number of thiocarbonyl (C=S) groups is 1. The zero-order valence-electron chi connectivity index (χ0n) is 9.16. The third-order valence-electron chi connectivity index (χ3n) is 2.64. The van der Waals surface area contributed by atoms with Crippen molar-refractivity contribution in [2.75, 3.05) is 0 Å². The average Bonchev–Trinajstić information content (AvgIpc) is 2.45. The van der Waals surface area contributed by atoms with Gasteiger partial charge in [-0.25, -0.2) is 0 Å². The molecule has 17 heavy (non-hydrogen) atoms. The lowest BCUT2D eigenvalue weighted by Crippen LogP contribution is -2.44. The molecule has 0 saturated carbocycles. The molecular formula is C11H13N3O2S. The highest BCUT2D eigenvalue weighted by Gasteiger charge is 2.27. The Balaban J connectivity index is 2.05. The molecule has 90 valence electrons. The van der Waals surface area contributed by atoms with Crippen molar-refractivity contribution in [3.05, 3.63) is 23.8 Å². The number of hydrogen-bond donors (Lipinski definition) is 3. The molecule has 6 heteroatoms. The van der Waals surface area contributed by atoms with E-state index >= 15 is 0 Å². The molecule has 2 amide bonds. The number of carbonyl (C=O) groups is 2. The number of hydrogen-bond acceptors (Lipinski definition) is 3. The van der Waals surface area contributed by atoms with E-state index in [1.165, 1.54) is 0 Å². The van der Waals surface area contributed by atoms with Gasteiger partial charge in [-0.3, -0.25) is 20.4 Å². The molecule has 3 N–H and O–H groups in total. The normalized spacial score (nSPS) is 24.4. The van der Waals surface area contributed by atoms with Crippen LogP contribution in [0.15, 0.2) is 23.8 Å². The summed E-state index contributed by atoms with van der Waals surface area (Å²) in [4.78, 5) is 23.1. The first-order valence-electron chi connectivity index (χ1n) is 5.43. The van der Waals surface area contributed by atoms with Gasteiger partial charge in [0.25, 0.3) is 11.8 Å². The Morgan fingerprint density at radius 3 is 2.82 bits per heavy atom. The third-order valence-corrected chi connectivity index (χ3v) is 2.93. The van der Waals surface area contributed by atoms with Gasteiger partial charge in [-0.1, -0.05) is 30.4 Å². The van der Waals surface area contributed by atoms with Crippen LogP contribution in [0.4, 0.5) is 0 Å². The molecule has 0 aromatic carbocycles. The summed E-state index contributed by atoms with van der Waals surface area (Å²) in [5.74, 6) is -0.707. The maximum atomic E-state index is 11.7. The van der Waals surface area contributed by atoms with Crippen LogP contribution in [0.25, 0.3) is 0 Å². The summed E-state index contributed by atoms with van der Waals surface area (Å²) >= 11 is 4.76. The second-order valence-corrected chi connectivity index (χ2v) is 4.34. The summed E-state index contributed by atoms with van der Waals surface area (Å²) < 4.78 is 0. The van der Waals surface area contributed by atoms with Gasteiger partial charge >= 0.3 is 0 Å². The van der Waals surface area contributed by atoms with Gasteiger partial charge in [0.2, 0.25) is 0 Å². The quantitative estimate of drug-likeness (QED) is 0.609. The molecule has 0 aromatic heterocycles. The predicted octanol–water partition coefficient (Wildman–Crippen LogP) is 0.0995. The molecule has 0 spiro atoms. The minimum absolute atomic E-state index is 0.0194. The first kappa shape index (κ1) is 11.8. The minimum atomic E-state index is -0.579. The molecule has 1 saturated heterocycles. The van der Waals surface area contributed by atoms with Crippen molar-refractivity contribution < 1.29 is 9.59 Å². The Morgan fingerprint density at radius 1 is 1.29 bits per heavy atom. The molecule has 0 unspecified atom stereocenters. The number of carbonyl (C=O) groups excluding carboxylic acids is 2. The number of hydrazine groups is 1. The zero-order valence-corrected chi connectivity index (χ0v) is 9.97. The number of nitrogens with one attached hydrogen (secondary N) is 3. The van der Waals surface area contributed by atoms with Crippen molar-refractivity contribution in [1.82, 2.24) is 16.2 Å². The minimum Gasteiger partial charge on any atom is -0.338 e. The third kappa shape index (κ3) is 2.91. The van der Waals surface area contributed by atoms with E-state index < -0.39 is 11.9 Å². The van der Waals surface area contributed by atoms with Crippen LogP contribution < -0.4 is 16.2 Å². The Labute approximate surface area is 104 Å². The second kappa shape index (κ2) is 5.09. The molecule has 0 aromatic rings. The van der Waals surface area contributed by atoms with E-state index in [9.17, 15) is 9.59 Å². The lowest BCUT2D eigenvalue weighted by Gasteiger charge is -2.15. The molecule has 2 rings (SSSR count). The number of allylic oxidation sites excluding steroid dienone is 3. The lowest BCUT2D eigenvalue weighted by atomic mass is 10.00. The van der Waals surface area contributed by atoms with E-state index in [-0.39, 0.29) is 10.9 Å². The highest BCUT2D eigenvalue weighted by Crippen LogP contribution is 2.15. The summed E-state index contributed by atoms with van der Waals surface area (Å²) in [6, 6.07) is -0.579. The monoisotopic (exact) mass is 251 g/mol. The standard InChI is InChI=1S/C11H13N3O2S/c15-9-8(6-7-4-2-1-3-5-7)12-10(16)11(17)14-13-9/h2,4-5,8H,1,3,6H2,(H,12,16)(H,13,15)(H,14,17)/t8-/m0/s1. The van der Waals surface area contributed by atoms with E-state index in [0.29, 0.717) is 6.42 Å². The maximum absolute atomic E-state index is 11.7. The van der Waals surface area contributed by atoms with Crippen LogP contribution in [0.3, 0.4) is 0 Å². The summed E-state index contributed by atoms with van der Waals surface area (Å²) in [5.41, 5.74) is 5.85. The van der Waals surface area contributed by atoms with E-state index in [1.54, 1.807) is 0 Å². The summed E-state index contributed by atoms with van der Waals surface area (Å²) in [6.07, 6.45) is 8.62. The van der Waals surface area contributed by atoms with Crippen LogP contribution in [0.5, 0.6) is 0 Å². The smallest absolute Gasteiger partial charge is 0.281 e. The molecule has 5 nitrogen and oxygen atoms in total. The van der Waals surface area contributed by atoms with Crippen molar-refractivity contribution in [3.63, 3.8) is 0 Å². The van der Waals surface area contributed by atoms with E-state index in [1.807, 2.05) is 6.08 Å². The maximum Gasteiger partial charge on any atom is 0.281 e. The summed E-state index contributed by atoms with van der Waals surface area (Å²) in [6.45, 7) is 0. The van der Waals surface area contributed by atoms with Crippen LogP contribution in [-0.4, -0.2) is 22.8 Å². The van der Waals surface area contributed by atoms with Crippen molar-refractivity contribution in [2.24, 2.45) is 0 Å². The van der Waals surface area contributed by atoms with Crippen molar-refractivity contribution >= 4 is 29.0 Å². The zero-order chi connectivity index (χ0) is 12.3. The number of rotatable bonds is 2. The Kier molecular flexibility index (Phi) is 3.53. The Hall–Kier alpha value is -1.69. The summed E-state index contributed by atoms with van der Waals surface area (Å²) in [7, 11) is 0. The van der Waals surface area contributed by atoms with Gasteiger partial charge in [0.05, 0.1) is 0 Å². The topological polar surface area (TPSA) is 70.2 Å². The van der Waals surface area contributed by atoms with Gasteiger partial charge in [-0.2, -0.15) is 0 Å². The van der Waals surface area contributed by atoms with Crippen LogP contribution in [-0.2, 0) is 9.59 Å². The molecular weight excluding hydrogens is 238 g/mol. The van der Waals surface area contributed by atoms with Crippen molar-refractivity contribution in [2.45, 2.75) is 25.3 Å². The van der Waals surface area contributed by atoms with E-state index in [2.05, 4.69) is 28.3 Å². The average molecular weight is 251 g/mol.